The van der Waals surface area contributed by atoms with Crippen LogP contribution in [0.25, 0.3) is 0 Å². The minimum atomic E-state index is -0.759. The summed E-state index contributed by atoms with van der Waals surface area (Å²) in [6.07, 6.45) is 3.90. The molecular formula is C9H11NO3. The topological polar surface area (TPSA) is 63.3 Å². The van der Waals surface area contributed by atoms with Gasteiger partial charge in [0.05, 0.1) is 11.6 Å². The molecule has 0 unspecified atom stereocenters. The van der Waals surface area contributed by atoms with Crippen molar-refractivity contribution in [1.29, 1.82) is 0 Å². The molecule has 0 saturated heterocycles. The second-order valence-corrected chi connectivity index (χ2v) is 3.54. The summed E-state index contributed by atoms with van der Waals surface area (Å²) in [7, 11) is 0. The van der Waals surface area contributed by atoms with Gasteiger partial charge in [0, 0.05) is 5.56 Å². The van der Waals surface area contributed by atoms with Gasteiger partial charge in [-0.15, -0.1) is 0 Å². The zero-order chi connectivity index (χ0) is 9.47. The maximum atomic E-state index is 11.1. The molecule has 0 spiro atoms. The average molecular weight is 181 g/mol. The Morgan fingerprint density at radius 2 is 2.38 bits per heavy atom. The summed E-state index contributed by atoms with van der Waals surface area (Å²) < 4.78 is 4.88. The molecule has 0 aliphatic heterocycles. The third kappa shape index (κ3) is 0.978. The molecule has 0 aromatic carbocycles. The minimum absolute atomic E-state index is 0.627. The number of aryl methyl sites for hydroxylation is 1. The van der Waals surface area contributed by atoms with E-state index in [2.05, 4.69) is 5.16 Å². The number of hydrogen-bond donors (Lipinski definition) is 1. The molecule has 70 valence electrons. The van der Waals surface area contributed by atoms with Crippen LogP contribution in [-0.4, -0.2) is 16.2 Å². The Hall–Kier alpha value is -1.32. The standard InChI is InChI=1S/C9H11NO3/c1-6-7(5-10-13-6)9(8(11)12)3-2-4-9/h5H,2-4H2,1H3,(H,11,12). The van der Waals surface area contributed by atoms with Crippen LogP contribution in [0, 0.1) is 6.92 Å². The van der Waals surface area contributed by atoms with Gasteiger partial charge in [-0.3, -0.25) is 4.79 Å². The Morgan fingerprint density at radius 3 is 2.69 bits per heavy atom. The zero-order valence-electron chi connectivity index (χ0n) is 7.41. The Labute approximate surface area is 75.5 Å². The van der Waals surface area contributed by atoms with Crippen molar-refractivity contribution in [2.45, 2.75) is 31.6 Å². The SMILES string of the molecule is Cc1oncc1C1(C(=O)O)CCC1. The van der Waals surface area contributed by atoms with E-state index in [1.807, 2.05) is 0 Å². The van der Waals surface area contributed by atoms with Gasteiger partial charge in [-0.25, -0.2) is 0 Å². The van der Waals surface area contributed by atoms with E-state index in [1.54, 1.807) is 6.92 Å². The van der Waals surface area contributed by atoms with Crippen LogP contribution in [0.15, 0.2) is 10.7 Å². The van der Waals surface area contributed by atoms with E-state index in [0.717, 1.165) is 12.0 Å². The molecular weight excluding hydrogens is 170 g/mol. The summed E-state index contributed by atoms with van der Waals surface area (Å²) >= 11 is 0. The molecule has 13 heavy (non-hydrogen) atoms. The fourth-order valence-corrected chi connectivity index (χ4v) is 1.89. The van der Waals surface area contributed by atoms with Gasteiger partial charge in [-0.05, 0) is 19.8 Å². The molecule has 1 aromatic heterocycles. The highest BCUT2D eigenvalue weighted by molar-refractivity contribution is 5.82. The third-order valence-corrected chi connectivity index (χ3v) is 2.88. The van der Waals surface area contributed by atoms with Gasteiger partial charge in [0.15, 0.2) is 0 Å². The van der Waals surface area contributed by atoms with E-state index < -0.39 is 11.4 Å². The molecule has 4 nitrogen and oxygen atoms in total. The minimum Gasteiger partial charge on any atom is -0.481 e. The van der Waals surface area contributed by atoms with Crippen molar-refractivity contribution >= 4 is 5.97 Å². The Balaban J connectivity index is 2.43. The highest BCUT2D eigenvalue weighted by atomic mass is 16.5. The van der Waals surface area contributed by atoms with Crippen molar-refractivity contribution in [3.05, 3.63) is 17.5 Å². The van der Waals surface area contributed by atoms with E-state index in [0.29, 0.717) is 18.6 Å². The smallest absolute Gasteiger partial charge is 0.314 e. The van der Waals surface area contributed by atoms with Crippen molar-refractivity contribution in [2.75, 3.05) is 0 Å². The second-order valence-electron chi connectivity index (χ2n) is 3.54. The van der Waals surface area contributed by atoms with Crippen LogP contribution < -0.4 is 0 Å². The van der Waals surface area contributed by atoms with E-state index in [-0.39, 0.29) is 0 Å². The summed E-state index contributed by atoms with van der Waals surface area (Å²) in [6.45, 7) is 1.76. The predicted molar refractivity (Wildman–Crippen MR) is 44.4 cm³/mol. The number of carbonyl (C=O) groups is 1. The molecule has 1 saturated carbocycles. The summed E-state index contributed by atoms with van der Waals surface area (Å²) in [6, 6.07) is 0. The van der Waals surface area contributed by atoms with Crippen LogP contribution in [0.4, 0.5) is 0 Å². The third-order valence-electron chi connectivity index (χ3n) is 2.88. The first-order valence-electron chi connectivity index (χ1n) is 4.32. The lowest BCUT2D eigenvalue weighted by atomic mass is 9.64. The number of carboxylic acid groups (broad SMARTS) is 1. The highest BCUT2D eigenvalue weighted by Gasteiger charge is 2.48. The molecule has 0 amide bonds. The van der Waals surface area contributed by atoms with Crippen LogP contribution >= 0.6 is 0 Å². The van der Waals surface area contributed by atoms with Gasteiger partial charge in [-0.2, -0.15) is 0 Å². The Kier molecular flexibility index (Phi) is 1.65. The molecule has 1 N–H and O–H groups in total. The van der Waals surface area contributed by atoms with Gasteiger partial charge in [-0.1, -0.05) is 11.6 Å². The molecule has 4 heteroatoms. The molecule has 0 atom stereocenters. The van der Waals surface area contributed by atoms with E-state index >= 15 is 0 Å². The van der Waals surface area contributed by atoms with Gasteiger partial charge in [0.1, 0.15) is 5.76 Å². The first-order valence-corrected chi connectivity index (χ1v) is 4.32. The maximum Gasteiger partial charge on any atom is 0.314 e. The molecule has 1 fully saturated rings. The van der Waals surface area contributed by atoms with Crippen LogP contribution in [0.1, 0.15) is 30.6 Å². The molecule has 0 radical (unpaired) electrons. The molecule has 2 rings (SSSR count). The van der Waals surface area contributed by atoms with Crippen LogP contribution in [0.2, 0.25) is 0 Å². The fraction of sp³-hybridized carbons (Fsp3) is 0.556. The summed E-state index contributed by atoms with van der Waals surface area (Å²) in [5.41, 5.74) is 0.0376. The number of rotatable bonds is 2. The highest BCUT2D eigenvalue weighted by Crippen LogP contribution is 2.44. The number of hydrogen-bond acceptors (Lipinski definition) is 3. The second kappa shape index (κ2) is 2.58. The van der Waals surface area contributed by atoms with Crippen molar-refractivity contribution in [3.8, 4) is 0 Å². The Morgan fingerprint density at radius 1 is 1.69 bits per heavy atom. The van der Waals surface area contributed by atoms with Crippen molar-refractivity contribution in [3.63, 3.8) is 0 Å². The van der Waals surface area contributed by atoms with E-state index in [1.165, 1.54) is 6.20 Å². The van der Waals surface area contributed by atoms with Crippen molar-refractivity contribution in [1.82, 2.24) is 5.16 Å². The van der Waals surface area contributed by atoms with Gasteiger partial charge < -0.3 is 9.63 Å². The quantitative estimate of drug-likeness (QED) is 0.750. The molecule has 1 aliphatic carbocycles. The van der Waals surface area contributed by atoms with Crippen LogP contribution in [0.3, 0.4) is 0 Å². The number of aromatic nitrogens is 1. The lowest BCUT2D eigenvalue weighted by Crippen LogP contribution is -2.42. The molecule has 0 bridgehead atoms. The largest absolute Gasteiger partial charge is 0.481 e. The predicted octanol–water partition coefficient (Wildman–Crippen LogP) is 1.49. The van der Waals surface area contributed by atoms with E-state index in [4.69, 9.17) is 9.63 Å². The average Bonchev–Trinajstić information content (AvgIpc) is 2.34. The van der Waals surface area contributed by atoms with Crippen LogP contribution in [-0.2, 0) is 10.2 Å². The lowest BCUT2D eigenvalue weighted by Gasteiger charge is -2.36. The molecule has 1 heterocycles. The lowest BCUT2D eigenvalue weighted by molar-refractivity contribution is -0.147. The van der Waals surface area contributed by atoms with Crippen molar-refractivity contribution in [2.24, 2.45) is 0 Å². The van der Waals surface area contributed by atoms with Gasteiger partial charge in [0.25, 0.3) is 0 Å². The first-order chi connectivity index (χ1) is 6.17. The maximum absolute atomic E-state index is 11.1. The molecule has 1 aliphatic rings. The Bertz CT molecular complexity index is 338. The van der Waals surface area contributed by atoms with E-state index in [9.17, 15) is 4.79 Å². The normalized spacial score (nSPS) is 19.5. The summed E-state index contributed by atoms with van der Waals surface area (Å²) in [5.74, 6) is -0.132. The van der Waals surface area contributed by atoms with Crippen molar-refractivity contribution < 1.29 is 14.4 Å². The van der Waals surface area contributed by atoms with Crippen LogP contribution in [0.5, 0.6) is 0 Å². The number of carboxylic acids is 1. The monoisotopic (exact) mass is 181 g/mol. The molecule has 1 aromatic rings. The number of aliphatic carboxylic acids is 1. The number of nitrogens with zero attached hydrogens (tertiary/aromatic N) is 1. The summed E-state index contributed by atoms with van der Waals surface area (Å²) in [4.78, 5) is 11.1. The summed E-state index contributed by atoms with van der Waals surface area (Å²) in [5, 5.41) is 12.7. The fourth-order valence-electron chi connectivity index (χ4n) is 1.89. The zero-order valence-corrected chi connectivity index (χ0v) is 7.41. The van der Waals surface area contributed by atoms with Gasteiger partial charge >= 0.3 is 5.97 Å². The first kappa shape index (κ1) is 8.29. The van der Waals surface area contributed by atoms with Gasteiger partial charge in [0.2, 0.25) is 0 Å².